The molecule has 0 bridgehead atoms. The molecule has 2 aromatic heterocycles. The fourth-order valence-electron chi connectivity index (χ4n) is 3.50. The number of thiophene rings is 1. The van der Waals surface area contributed by atoms with Crippen LogP contribution in [0.15, 0.2) is 71.1 Å². The molecule has 0 radical (unpaired) electrons. The second-order valence-electron chi connectivity index (χ2n) is 8.02. The first kappa shape index (κ1) is 26.1. The number of carboxylic acid groups (broad SMARTS) is 1. The van der Waals surface area contributed by atoms with E-state index in [-0.39, 0.29) is 39.9 Å². The Morgan fingerprint density at radius 3 is 2.70 bits per heavy atom. The van der Waals surface area contributed by atoms with E-state index in [4.69, 9.17) is 0 Å². The summed E-state index contributed by atoms with van der Waals surface area (Å²) >= 11 is 1.04. The smallest absolute Gasteiger partial charge is 0.348 e. The van der Waals surface area contributed by atoms with E-state index in [1.807, 2.05) is 0 Å². The lowest BCUT2D eigenvalue weighted by atomic mass is 10.1. The van der Waals surface area contributed by atoms with Crippen LogP contribution in [0.2, 0.25) is 0 Å². The number of aromatic nitrogens is 3. The number of rotatable bonds is 10. The Balaban J connectivity index is 1.41. The molecule has 0 saturated carbocycles. The predicted molar refractivity (Wildman–Crippen MR) is 134 cm³/mol. The third-order valence-electron chi connectivity index (χ3n) is 5.48. The Bertz CT molecular complexity index is 1550. The molecule has 0 atom stereocenters. The molecular weight excluding hydrogens is 521 g/mol. The van der Waals surface area contributed by atoms with Crippen LogP contribution in [0, 0.1) is 5.82 Å². The molecule has 2 N–H and O–H groups in total. The van der Waals surface area contributed by atoms with Gasteiger partial charge in [0, 0.05) is 19.2 Å². The first-order valence-electron chi connectivity index (χ1n) is 11.0. The number of amides is 1. The maximum atomic E-state index is 13.9. The molecule has 0 aliphatic heterocycles. The van der Waals surface area contributed by atoms with Gasteiger partial charge in [0.15, 0.2) is 0 Å². The number of hydrogen-bond acceptors (Lipinski definition) is 7. The highest BCUT2D eigenvalue weighted by Crippen LogP contribution is 2.20. The third-order valence-corrected chi connectivity index (χ3v) is 7.77. The van der Waals surface area contributed by atoms with Crippen molar-refractivity contribution in [1.82, 2.24) is 24.6 Å². The molecule has 2 heterocycles. The molecule has 37 heavy (non-hydrogen) atoms. The minimum absolute atomic E-state index is 0.0809. The van der Waals surface area contributed by atoms with Gasteiger partial charge in [-0.1, -0.05) is 29.5 Å². The molecule has 0 unspecified atom stereocenters. The molecular formula is C24H22FN5O5S2. The van der Waals surface area contributed by atoms with Crippen molar-refractivity contribution in [2.75, 3.05) is 13.6 Å². The summed E-state index contributed by atoms with van der Waals surface area (Å²) in [4.78, 5) is 25.6. The SMILES string of the molecule is CN(CCc1ccccc1F)C(=O)c1cccc(S(=O)(=O)NCc2cn(-c3ccsc3C(=O)O)nn2)c1. The average molecular weight is 544 g/mol. The molecule has 0 saturated heterocycles. The molecule has 0 aliphatic rings. The van der Waals surface area contributed by atoms with Crippen molar-refractivity contribution in [1.29, 1.82) is 0 Å². The van der Waals surface area contributed by atoms with Gasteiger partial charge in [-0.15, -0.1) is 16.4 Å². The Labute approximate surface area is 216 Å². The van der Waals surface area contributed by atoms with Gasteiger partial charge in [0.05, 0.1) is 29.0 Å². The summed E-state index contributed by atoms with van der Waals surface area (Å²) in [6.07, 6.45) is 1.75. The molecule has 0 aliphatic carbocycles. The van der Waals surface area contributed by atoms with E-state index in [2.05, 4.69) is 15.0 Å². The summed E-state index contributed by atoms with van der Waals surface area (Å²) in [5, 5.41) is 18.6. The molecule has 10 nitrogen and oxygen atoms in total. The number of nitrogens with zero attached hydrogens (tertiary/aromatic N) is 4. The predicted octanol–water partition coefficient (Wildman–Crippen LogP) is 2.96. The number of carbonyl (C=O) groups is 2. The topological polar surface area (TPSA) is 134 Å². The van der Waals surface area contributed by atoms with Crippen LogP contribution in [-0.2, 0) is 23.0 Å². The van der Waals surface area contributed by atoms with Crippen LogP contribution in [0.1, 0.15) is 31.3 Å². The van der Waals surface area contributed by atoms with E-state index >= 15 is 0 Å². The van der Waals surface area contributed by atoms with Crippen molar-refractivity contribution in [3.05, 3.63) is 93.7 Å². The van der Waals surface area contributed by atoms with Gasteiger partial charge in [-0.05, 0) is 47.7 Å². The van der Waals surface area contributed by atoms with Gasteiger partial charge in [-0.3, -0.25) is 4.79 Å². The maximum absolute atomic E-state index is 13.9. The number of benzene rings is 2. The second-order valence-corrected chi connectivity index (χ2v) is 10.7. The van der Waals surface area contributed by atoms with Crippen molar-refractivity contribution in [3.8, 4) is 5.69 Å². The zero-order chi connectivity index (χ0) is 26.6. The monoisotopic (exact) mass is 543 g/mol. The van der Waals surface area contributed by atoms with E-state index in [1.54, 1.807) is 36.7 Å². The maximum Gasteiger partial charge on any atom is 0.348 e. The van der Waals surface area contributed by atoms with Crippen LogP contribution >= 0.6 is 11.3 Å². The number of sulfonamides is 1. The van der Waals surface area contributed by atoms with Gasteiger partial charge in [0.2, 0.25) is 10.0 Å². The lowest BCUT2D eigenvalue weighted by Gasteiger charge is -2.18. The quantitative estimate of drug-likeness (QED) is 0.314. The number of halogens is 1. The largest absolute Gasteiger partial charge is 0.477 e. The van der Waals surface area contributed by atoms with Crippen molar-refractivity contribution in [2.24, 2.45) is 0 Å². The van der Waals surface area contributed by atoms with E-state index in [9.17, 15) is 27.5 Å². The van der Waals surface area contributed by atoms with Crippen LogP contribution in [-0.4, -0.2) is 58.9 Å². The number of nitrogens with one attached hydrogen (secondary N) is 1. The van der Waals surface area contributed by atoms with Gasteiger partial charge in [-0.25, -0.2) is 27.0 Å². The number of carboxylic acids is 1. The lowest BCUT2D eigenvalue weighted by molar-refractivity contribution is 0.0701. The van der Waals surface area contributed by atoms with Gasteiger partial charge in [0.1, 0.15) is 10.7 Å². The fraction of sp³-hybridized carbons (Fsp3) is 0.167. The van der Waals surface area contributed by atoms with E-state index in [1.165, 1.54) is 46.1 Å². The molecule has 4 rings (SSSR count). The molecule has 0 fully saturated rings. The summed E-state index contributed by atoms with van der Waals surface area (Å²) < 4.78 is 43.3. The van der Waals surface area contributed by atoms with E-state index in [0.717, 1.165) is 11.3 Å². The zero-order valence-electron chi connectivity index (χ0n) is 19.5. The lowest BCUT2D eigenvalue weighted by Crippen LogP contribution is -2.29. The standard InChI is InChI=1S/C24H22FN5O5S2/c1-29(11-9-16-5-2-3-8-20(16)25)23(31)17-6-4-7-19(13-17)37(34,35)26-14-18-15-30(28-27-18)21-10-12-36-22(21)24(32)33/h2-8,10,12-13,15,26H,9,11,14H2,1H3,(H,32,33). The summed E-state index contributed by atoms with van der Waals surface area (Å²) in [7, 11) is -2.44. The first-order valence-corrected chi connectivity index (χ1v) is 13.3. The summed E-state index contributed by atoms with van der Waals surface area (Å²) in [6, 6.07) is 13.5. The van der Waals surface area contributed by atoms with Crippen molar-refractivity contribution in [3.63, 3.8) is 0 Å². The minimum Gasteiger partial charge on any atom is -0.477 e. The van der Waals surface area contributed by atoms with E-state index < -0.39 is 21.9 Å². The molecule has 2 aromatic carbocycles. The normalized spacial score (nSPS) is 11.4. The van der Waals surface area contributed by atoms with Crippen molar-refractivity contribution in [2.45, 2.75) is 17.9 Å². The fourth-order valence-corrected chi connectivity index (χ4v) is 5.26. The number of aromatic carboxylic acids is 1. The summed E-state index contributed by atoms with van der Waals surface area (Å²) in [5.41, 5.74) is 1.25. The minimum atomic E-state index is -4.01. The van der Waals surface area contributed by atoms with E-state index in [0.29, 0.717) is 17.7 Å². The van der Waals surface area contributed by atoms with Gasteiger partial charge in [0.25, 0.3) is 5.91 Å². The molecule has 1 amide bonds. The Hall–Kier alpha value is -3.94. The molecule has 4 aromatic rings. The number of carbonyl (C=O) groups excluding carboxylic acids is 1. The van der Waals surface area contributed by atoms with Crippen molar-refractivity contribution >= 4 is 33.2 Å². The second kappa shape index (κ2) is 11.0. The highest BCUT2D eigenvalue weighted by molar-refractivity contribution is 7.89. The van der Waals surface area contributed by atoms with Crippen molar-refractivity contribution < 1.29 is 27.5 Å². The Morgan fingerprint density at radius 2 is 1.95 bits per heavy atom. The molecule has 192 valence electrons. The van der Waals surface area contributed by atoms with Crippen LogP contribution < -0.4 is 4.72 Å². The highest BCUT2D eigenvalue weighted by Gasteiger charge is 2.20. The first-order chi connectivity index (χ1) is 17.7. The number of hydrogen-bond donors (Lipinski definition) is 2. The van der Waals surface area contributed by atoms with Crippen LogP contribution in [0.4, 0.5) is 4.39 Å². The van der Waals surface area contributed by atoms with Crippen LogP contribution in [0.3, 0.4) is 0 Å². The zero-order valence-corrected chi connectivity index (χ0v) is 21.2. The van der Waals surface area contributed by atoms with Gasteiger partial charge < -0.3 is 10.0 Å². The van der Waals surface area contributed by atoms with Gasteiger partial charge >= 0.3 is 5.97 Å². The summed E-state index contributed by atoms with van der Waals surface area (Å²) in [5.74, 6) is -1.85. The Morgan fingerprint density at radius 1 is 1.16 bits per heavy atom. The average Bonchev–Trinajstić information content (AvgIpc) is 3.56. The molecule has 0 spiro atoms. The van der Waals surface area contributed by atoms with Gasteiger partial charge in [-0.2, -0.15) is 0 Å². The summed E-state index contributed by atoms with van der Waals surface area (Å²) in [6.45, 7) is 0.0496. The third kappa shape index (κ3) is 6.07. The van der Waals surface area contributed by atoms with Crippen LogP contribution in [0.5, 0.6) is 0 Å². The highest BCUT2D eigenvalue weighted by atomic mass is 32.2. The molecule has 13 heteroatoms. The number of likely N-dealkylation sites (N-methyl/N-ethyl adjacent to an activating group) is 1. The van der Waals surface area contributed by atoms with Crippen LogP contribution in [0.25, 0.3) is 5.69 Å². The Kier molecular flexibility index (Phi) is 7.76.